The lowest BCUT2D eigenvalue weighted by molar-refractivity contribution is 0.181. The van der Waals surface area contributed by atoms with Crippen LogP contribution in [-0.4, -0.2) is 73.9 Å². The van der Waals surface area contributed by atoms with Crippen molar-refractivity contribution in [2.75, 3.05) is 19.6 Å². The van der Waals surface area contributed by atoms with Crippen LogP contribution in [0, 0.1) is 0 Å². The van der Waals surface area contributed by atoms with Gasteiger partial charge in [0.05, 0.1) is 40.6 Å². The first-order valence-corrected chi connectivity index (χ1v) is 12.2. The molecule has 5 aromatic rings. The van der Waals surface area contributed by atoms with Gasteiger partial charge in [0.2, 0.25) is 0 Å². The first kappa shape index (κ1) is 21.9. The van der Waals surface area contributed by atoms with Crippen LogP contribution in [0.2, 0.25) is 0 Å². The summed E-state index contributed by atoms with van der Waals surface area (Å²) in [7, 11) is 3.82. The number of nitrogens with one attached hydrogen (secondary N) is 1. The summed E-state index contributed by atoms with van der Waals surface area (Å²) in [5.74, 6) is 0. The van der Waals surface area contributed by atoms with Crippen LogP contribution in [-0.2, 0) is 13.1 Å². The molecule has 10 heteroatoms. The fourth-order valence-corrected chi connectivity index (χ4v) is 4.96. The average molecular weight is 481 g/mol. The summed E-state index contributed by atoms with van der Waals surface area (Å²) in [5.41, 5.74) is 5.83. The van der Waals surface area contributed by atoms with Gasteiger partial charge in [-0.2, -0.15) is 0 Å². The maximum absolute atomic E-state index is 4.78. The zero-order valence-electron chi connectivity index (χ0n) is 19.5. The highest BCUT2D eigenvalue weighted by Crippen LogP contribution is 2.19. The van der Waals surface area contributed by atoms with E-state index in [0.29, 0.717) is 6.54 Å². The number of rotatable bonds is 6. The largest absolute Gasteiger partial charge is 0.322 e. The third-order valence-corrected chi connectivity index (χ3v) is 6.57. The Morgan fingerprint density at radius 1 is 1.09 bits per heavy atom. The molecule has 1 N–H and O–H groups in total. The quantitative estimate of drug-likeness (QED) is 0.375. The molecule has 0 saturated carbocycles. The van der Waals surface area contributed by atoms with Gasteiger partial charge in [-0.15, -0.1) is 5.10 Å². The number of imidazole rings is 1. The molecule has 1 aliphatic rings. The molecule has 0 spiro atoms. The highest BCUT2D eigenvalue weighted by Gasteiger charge is 2.25. The van der Waals surface area contributed by atoms with Crippen LogP contribution in [0.15, 0.2) is 73.7 Å². The van der Waals surface area contributed by atoms with Crippen LogP contribution in [0.1, 0.15) is 18.2 Å². The normalized spacial score (nSPS) is 18.9. The molecule has 3 radical (unpaired) electrons. The van der Waals surface area contributed by atoms with Gasteiger partial charge < -0.3 is 14.3 Å². The van der Waals surface area contributed by atoms with Crippen LogP contribution in [0.25, 0.3) is 22.6 Å². The fraction of sp³-hybridized carbons (Fsp3) is 0.280. The molecule has 1 fully saturated rings. The van der Waals surface area contributed by atoms with Crippen molar-refractivity contribution < 1.29 is 0 Å². The van der Waals surface area contributed by atoms with Gasteiger partial charge in [-0.3, -0.25) is 9.88 Å². The molecular formula is C25H26N9Si. The third-order valence-electron chi connectivity index (χ3n) is 6.24. The standard InChI is InChI=1S/C25H26N9Si/c1-25(35)18-31(9-6-27-25)13-19-4-5-24-28-21(15-33(24)14-19)16-34-17-23(29-30-34)20-10-22(12-26-11-20)32-7-2-3-8-32/h2-5,7-8,10-12,14-15,17,27H,6,9,13,16,18H2,1H3/t25-/m0/s1. The Balaban J connectivity index is 1.17. The van der Waals surface area contributed by atoms with E-state index in [-0.39, 0.29) is 5.16 Å². The van der Waals surface area contributed by atoms with Gasteiger partial charge in [0.15, 0.2) is 0 Å². The van der Waals surface area contributed by atoms with Crippen LogP contribution >= 0.6 is 0 Å². The van der Waals surface area contributed by atoms with E-state index < -0.39 is 0 Å². The lowest BCUT2D eigenvalue weighted by atomic mass is 10.2. The van der Waals surface area contributed by atoms with Gasteiger partial charge in [0.1, 0.15) is 11.3 Å². The summed E-state index contributed by atoms with van der Waals surface area (Å²) >= 11 is 0. The smallest absolute Gasteiger partial charge is 0.137 e. The lowest BCUT2D eigenvalue weighted by Crippen LogP contribution is -2.58. The number of aromatic nitrogens is 7. The van der Waals surface area contributed by atoms with Crippen molar-refractivity contribution in [3.63, 3.8) is 0 Å². The van der Waals surface area contributed by atoms with Crippen LogP contribution in [0.4, 0.5) is 0 Å². The second-order valence-electron chi connectivity index (χ2n) is 9.33. The number of fused-ring (bicyclic) bond motifs is 1. The van der Waals surface area contributed by atoms with Crippen molar-refractivity contribution in [3.05, 3.63) is 85.0 Å². The SMILES string of the molecule is C[C@]1([Si])CN(Cc2ccc3nc(Cn4cc(-c5cncc(-n6cccc6)c5)nn4)cn3c2)CCN1. The van der Waals surface area contributed by atoms with Gasteiger partial charge >= 0.3 is 0 Å². The maximum atomic E-state index is 4.78. The lowest BCUT2D eigenvalue weighted by Gasteiger charge is -2.39. The minimum absolute atomic E-state index is 0.0408. The number of hydrogen-bond acceptors (Lipinski definition) is 6. The first-order chi connectivity index (χ1) is 17.0. The van der Waals surface area contributed by atoms with Crippen molar-refractivity contribution in [2.45, 2.75) is 25.2 Å². The van der Waals surface area contributed by atoms with Gasteiger partial charge in [-0.05, 0) is 36.8 Å². The van der Waals surface area contributed by atoms with Crippen molar-refractivity contribution >= 4 is 15.9 Å². The van der Waals surface area contributed by atoms with E-state index in [2.05, 4.69) is 77.7 Å². The van der Waals surface area contributed by atoms with E-state index in [1.807, 2.05) is 52.4 Å². The Morgan fingerprint density at radius 2 is 1.97 bits per heavy atom. The van der Waals surface area contributed by atoms with Crippen LogP contribution in [0.3, 0.4) is 0 Å². The first-order valence-electron chi connectivity index (χ1n) is 11.7. The summed E-state index contributed by atoms with van der Waals surface area (Å²) in [6.45, 7) is 6.60. The van der Waals surface area contributed by atoms with Gasteiger partial charge in [0.25, 0.3) is 0 Å². The molecule has 6 heterocycles. The molecule has 0 aromatic carbocycles. The van der Waals surface area contributed by atoms with Gasteiger partial charge in [0, 0.05) is 67.9 Å². The van der Waals surface area contributed by atoms with Crippen molar-refractivity contribution in [1.29, 1.82) is 0 Å². The van der Waals surface area contributed by atoms with Crippen molar-refractivity contribution in [1.82, 2.24) is 44.1 Å². The van der Waals surface area contributed by atoms with Gasteiger partial charge in [-0.1, -0.05) is 11.3 Å². The Labute approximate surface area is 206 Å². The summed E-state index contributed by atoms with van der Waals surface area (Å²) < 4.78 is 5.94. The third kappa shape index (κ3) is 4.81. The minimum Gasteiger partial charge on any atom is -0.322 e. The predicted octanol–water partition coefficient (Wildman–Crippen LogP) is 2.12. The molecule has 0 aliphatic carbocycles. The summed E-state index contributed by atoms with van der Waals surface area (Å²) in [4.78, 5) is 11.6. The van der Waals surface area contributed by atoms with Crippen LogP contribution in [0.5, 0.6) is 0 Å². The molecule has 0 amide bonds. The Morgan fingerprint density at radius 3 is 2.83 bits per heavy atom. The summed E-state index contributed by atoms with van der Waals surface area (Å²) in [6.07, 6.45) is 13.8. The molecule has 1 saturated heterocycles. The molecule has 0 bridgehead atoms. The second kappa shape index (κ2) is 8.88. The molecular weight excluding hydrogens is 454 g/mol. The molecule has 35 heavy (non-hydrogen) atoms. The fourth-order valence-electron chi connectivity index (χ4n) is 4.62. The Bertz CT molecular complexity index is 1450. The van der Waals surface area contributed by atoms with E-state index in [1.165, 1.54) is 5.56 Å². The highest BCUT2D eigenvalue weighted by molar-refractivity contribution is 6.15. The molecule has 6 rings (SSSR count). The van der Waals surface area contributed by atoms with E-state index in [4.69, 9.17) is 4.98 Å². The van der Waals surface area contributed by atoms with E-state index in [9.17, 15) is 0 Å². The zero-order chi connectivity index (χ0) is 23.8. The molecule has 1 aliphatic heterocycles. The number of nitrogens with zero attached hydrogens (tertiary/aromatic N) is 8. The second-order valence-corrected chi connectivity index (χ2v) is 10.4. The molecule has 0 unspecified atom stereocenters. The highest BCUT2D eigenvalue weighted by atomic mass is 28.1. The van der Waals surface area contributed by atoms with Crippen LogP contribution < -0.4 is 5.32 Å². The number of piperazine rings is 1. The molecule has 5 aromatic heterocycles. The predicted molar refractivity (Wildman–Crippen MR) is 134 cm³/mol. The number of hydrogen-bond donors (Lipinski definition) is 1. The summed E-state index contributed by atoms with van der Waals surface area (Å²) in [5, 5.41) is 12.1. The minimum atomic E-state index is -0.0408. The summed E-state index contributed by atoms with van der Waals surface area (Å²) in [6, 6.07) is 10.3. The molecule has 9 nitrogen and oxygen atoms in total. The Hall–Kier alpha value is -3.60. The van der Waals surface area contributed by atoms with E-state index in [1.54, 1.807) is 0 Å². The van der Waals surface area contributed by atoms with Crippen molar-refractivity contribution in [2.24, 2.45) is 0 Å². The molecule has 1 atom stereocenters. The zero-order valence-corrected chi connectivity index (χ0v) is 20.5. The topological polar surface area (TPSA) is 81.1 Å². The van der Waals surface area contributed by atoms with E-state index >= 15 is 0 Å². The molecule has 175 valence electrons. The maximum Gasteiger partial charge on any atom is 0.137 e. The van der Waals surface area contributed by atoms with Crippen molar-refractivity contribution in [3.8, 4) is 16.9 Å². The Kier molecular flexibility index (Phi) is 5.55. The van der Waals surface area contributed by atoms with E-state index in [0.717, 1.165) is 54.5 Å². The average Bonchev–Trinajstić information content (AvgIpc) is 3.60. The monoisotopic (exact) mass is 480 g/mol. The number of pyridine rings is 2. The van der Waals surface area contributed by atoms with Gasteiger partial charge in [-0.25, -0.2) is 9.67 Å².